The molecule has 0 aliphatic rings. The maximum Gasteiger partial charge on any atom is 0.219 e. The summed E-state index contributed by atoms with van der Waals surface area (Å²) in [4.78, 5) is 4.53. The Morgan fingerprint density at radius 3 is 2.38 bits per heavy atom. The molecular formula is C21H18Cl2N2O4. The van der Waals surface area contributed by atoms with E-state index in [0.717, 1.165) is 6.42 Å². The van der Waals surface area contributed by atoms with Gasteiger partial charge in [0.15, 0.2) is 0 Å². The molecule has 0 aliphatic carbocycles. The summed E-state index contributed by atoms with van der Waals surface area (Å²) in [5.74, 6) is 0.464. The molecule has 29 heavy (non-hydrogen) atoms. The smallest absolute Gasteiger partial charge is 0.219 e. The molecule has 0 saturated heterocycles. The van der Waals surface area contributed by atoms with Gasteiger partial charge in [0.2, 0.25) is 5.88 Å². The van der Waals surface area contributed by atoms with Gasteiger partial charge in [-0.1, -0.05) is 41.7 Å². The van der Waals surface area contributed by atoms with Gasteiger partial charge in [0, 0.05) is 28.3 Å². The molecule has 3 aromatic rings. The second-order valence-electron chi connectivity index (χ2n) is 6.22. The van der Waals surface area contributed by atoms with Crippen LogP contribution in [0, 0.1) is 0 Å². The number of phenols is 2. The summed E-state index contributed by atoms with van der Waals surface area (Å²) < 4.78 is 5.77. The fraction of sp³-hybridized carbons (Fsp3) is 0.143. The number of oxime groups is 1. The molecule has 0 amide bonds. The zero-order chi connectivity index (χ0) is 21.0. The third kappa shape index (κ3) is 4.72. The van der Waals surface area contributed by atoms with Crippen molar-refractivity contribution in [3.8, 4) is 23.1 Å². The van der Waals surface area contributed by atoms with Gasteiger partial charge in [-0.25, -0.2) is 4.98 Å². The Hall–Kier alpha value is -2.96. The van der Waals surface area contributed by atoms with Crippen molar-refractivity contribution in [3.05, 3.63) is 75.4 Å². The highest BCUT2D eigenvalue weighted by Gasteiger charge is 2.19. The molecule has 3 rings (SSSR count). The quantitative estimate of drug-likeness (QED) is 0.199. The number of phenolic OH excluding ortho intramolecular Hbond substituents is 2. The van der Waals surface area contributed by atoms with E-state index in [-0.39, 0.29) is 27.8 Å². The fourth-order valence-corrected chi connectivity index (χ4v) is 3.08. The predicted molar refractivity (Wildman–Crippen MR) is 112 cm³/mol. The van der Waals surface area contributed by atoms with Gasteiger partial charge in [0.1, 0.15) is 23.0 Å². The third-order valence-electron chi connectivity index (χ3n) is 4.15. The number of benzene rings is 2. The number of ether oxygens (including phenoxy) is 1. The lowest BCUT2D eigenvalue weighted by Crippen LogP contribution is -2.10. The molecule has 0 fully saturated rings. The van der Waals surface area contributed by atoms with Gasteiger partial charge in [-0.2, -0.15) is 0 Å². The number of nitrogens with zero attached hydrogens (tertiary/aromatic N) is 2. The lowest BCUT2D eigenvalue weighted by Gasteiger charge is -2.14. The Morgan fingerprint density at radius 2 is 1.72 bits per heavy atom. The van der Waals surface area contributed by atoms with Crippen LogP contribution < -0.4 is 4.74 Å². The van der Waals surface area contributed by atoms with Crippen LogP contribution in [0.25, 0.3) is 0 Å². The van der Waals surface area contributed by atoms with Gasteiger partial charge in [-0.05, 0) is 42.8 Å². The number of aromatic nitrogens is 1. The van der Waals surface area contributed by atoms with Crippen LogP contribution in [0.3, 0.4) is 0 Å². The summed E-state index contributed by atoms with van der Waals surface area (Å²) in [6.45, 7) is 1.99. The summed E-state index contributed by atoms with van der Waals surface area (Å²) in [6, 6.07) is 12.6. The van der Waals surface area contributed by atoms with Crippen LogP contribution in [0.2, 0.25) is 10.0 Å². The van der Waals surface area contributed by atoms with E-state index in [1.807, 2.05) is 6.92 Å². The maximum atomic E-state index is 10.2. The molecule has 0 saturated carbocycles. The molecule has 3 N–H and O–H groups in total. The van der Waals surface area contributed by atoms with Crippen molar-refractivity contribution in [2.45, 2.75) is 19.8 Å². The minimum absolute atomic E-state index is 0.0119. The molecule has 0 spiro atoms. The first kappa shape index (κ1) is 20.8. The highest BCUT2D eigenvalue weighted by Crippen LogP contribution is 2.33. The van der Waals surface area contributed by atoms with Crippen molar-refractivity contribution in [2.24, 2.45) is 5.16 Å². The van der Waals surface area contributed by atoms with Crippen molar-refractivity contribution >= 4 is 28.9 Å². The highest BCUT2D eigenvalue weighted by atomic mass is 35.5. The van der Waals surface area contributed by atoms with Gasteiger partial charge in [-0.15, -0.1) is 0 Å². The van der Waals surface area contributed by atoms with E-state index in [4.69, 9.17) is 27.9 Å². The van der Waals surface area contributed by atoms with Crippen LogP contribution in [-0.2, 0) is 6.42 Å². The highest BCUT2D eigenvalue weighted by molar-refractivity contribution is 6.32. The van der Waals surface area contributed by atoms with Crippen LogP contribution >= 0.6 is 23.2 Å². The lowest BCUT2D eigenvalue weighted by molar-refractivity contribution is 0.319. The van der Waals surface area contributed by atoms with Crippen LogP contribution in [0.1, 0.15) is 30.2 Å². The second-order valence-corrected chi connectivity index (χ2v) is 7.06. The third-order valence-corrected chi connectivity index (χ3v) is 4.70. The van der Waals surface area contributed by atoms with Gasteiger partial charge in [0.05, 0.1) is 10.7 Å². The molecule has 1 aromatic heterocycles. The standard InChI is InChI=1S/C21H18Cl2N2O4/c1-2-3-17-14(21(25-28)15-10-19(27)16(23)11-18(15)26)8-9-20(24-17)29-13-6-4-12(22)5-7-13/h4-11,26-28H,2-3H2,1H3/b25-21-. The van der Waals surface area contributed by atoms with Crippen LogP contribution in [0.4, 0.5) is 0 Å². The summed E-state index contributed by atoms with van der Waals surface area (Å²) in [6.07, 6.45) is 1.35. The zero-order valence-electron chi connectivity index (χ0n) is 15.4. The molecule has 2 aromatic carbocycles. The van der Waals surface area contributed by atoms with Crippen molar-refractivity contribution < 1.29 is 20.2 Å². The van der Waals surface area contributed by atoms with E-state index in [1.54, 1.807) is 36.4 Å². The van der Waals surface area contributed by atoms with E-state index < -0.39 is 0 Å². The Labute approximate surface area is 177 Å². The number of pyridine rings is 1. The minimum atomic E-state index is -0.242. The molecule has 0 bridgehead atoms. The van der Waals surface area contributed by atoms with Crippen molar-refractivity contribution in [3.63, 3.8) is 0 Å². The van der Waals surface area contributed by atoms with Crippen molar-refractivity contribution in [2.75, 3.05) is 0 Å². The molecule has 0 atom stereocenters. The minimum Gasteiger partial charge on any atom is -0.507 e. The van der Waals surface area contributed by atoms with E-state index in [1.165, 1.54) is 12.1 Å². The van der Waals surface area contributed by atoms with Gasteiger partial charge in [-0.3, -0.25) is 0 Å². The predicted octanol–water partition coefficient (Wildman–Crippen LogP) is 5.77. The summed E-state index contributed by atoms with van der Waals surface area (Å²) in [7, 11) is 0. The number of halogens is 2. The topological polar surface area (TPSA) is 95.2 Å². The van der Waals surface area contributed by atoms with Gasteiger partial charge < -0.3 is 20.2 Å². The molecule has 6 nitrogen and oxygen atoms in total. The first-order valence-electron chi connectivity index (χ1n) is 8.80. The van der Waals surface area contributed by atoms with E-state index in [9.17, 15) is 15.4 Å². The number of rotatable bonds is 6. The molecule has 0 unspecified atom stereocenters. The van der Waals surface area contributed by atoms with E-state index in [0.29, 0.717) is 34.3 Å². The molecule has 1 heterocycles. The van der Waals surface area contributed by atoms with Crippen molar-refractivity contribution in [1.82, 2.24) is 4.98 Å². The van der Waals surface area contributed by atoms with Crippen LogP contribution in [0.15, 0.2) is 53.7 Å². The number of hydrogen-bond acceptors (Lipinski definition) is 6. The Balaban J connectivity index is 2.01. The van der Waals surface area contributed by atoms with E-state index >= 15 is 0 Å². The first-order chi connectivity index (χ1) is 13.9. The average Bonchev–Trinajstić information content (AvgIpc) is 2.70. The van der Waals surface area contributed by atoms with Gasteiger partial charge in [0.25, 0.3) is 0 Å². The average molecular weight is 433 g/mol. The first-order valence-corrected chi connectivity index (χ1v) is 9.56. The fourth-order valence-electron chi connectivity index (χ4n) is 2.80. The summed E-state index contributed by atoms with van der Waals surface area (Å²) in [5.41, 5.74) is 1.29. The second kappa shape index (κ2) is 9.03. The molecule has 150 valence electrons. The summed E-state index contributed by atoms with van der Waals surface area (Å²) in [5, 5.41) is 33.7. The number of aromatic hydroxyl groups is 2. The Kier molecular flexibility index (Phi) is 6.46. The largest absolute Gasteiger partial charge is 0.507 e. The maximum absolute atomic E-state index is 10.2. The number of aryl methyl sites for hydroxylation is 1. The summed E-state index contributed by atoms with van der Waals surface area (Å²) >= 11 is 11.7. The molecule has 0 radical (unpaired) electrons. The normalized spacial score (nSPS) is 11.5. The SMILES string of the molecule is CCCc1nc(Oc2ccc(Cl)cc2)ccc1/C(=N/O)c1cc(O)c(Cl)cc1O. The van der Waals surface area contributed by atoms with Gasteiger partial charge >= 0.3 is 0 Å². The van der Waals surface area contributed by atoms with Crippen LogP contribution in [0.5, 0.6) is 23.1 Å². The molecular weight excluding hydrogens is 415 g/mol. The Morgan fingerprint density at radius 1 is 1.00 bits per heavy atom. The zero-order valence-corrected chi connectivity index (χ0v) is 16.9. The molecule has 8 heteroatoms. The van der Waals surface area contributed by atoms with E-state index in [2.05, 4.69) is 10.1 Å². The number of hydrogen-bond donors (Lipinski definition) is 3. The van der Waals surface area contributed by atoms with Crippen LogP contribution in [-0.4, -0.2) is 26.1 Å². The Bertz CT molecular complexity index is 1050. The monoisotopic (exact) mass is 432 g/mol. The van der Waals surface area contributed by atoms with Crippen molar-refractivity contribution in [1.29, 1.82) is 0 Å². The molecule has 0 aliphatic heterocycles. The lowest BCUT2D eigenvalue weighted by atomic mass is 9.98.